The molecule has 0 aromatic heterocycles. The van der Waals surface area contributed by atoms with Crippen molar-refractivity contribution in [2.45, 2.75) is 24.4 Å². The molecule has 2 atom stereocenters. The molecule has 0 radical (unpaired) electrons. The molecule has 0 bridgehead atoms. The molecule has 3 aromatic carbocycles. The van der Waals surface area contributed by atoms with Gasteiger partial charge in [-0.05, 0) is 23.6 Å². The first-order valence-corrected chi connectivity index (χ1v) is 9.97. The van der Waals surface area contributed by atoms with Crippen molar-refractivity contribution in [1.82, 2.24) is 5.32 Å². The van der Waals surface area contributed by atoms with E-state index in [2.05, 4.69) is 10.6 Å². The first-order valence-electron chi connectivity index (χ1n) is 9.97. The summed E-state index contributed by atoms with van der Waals surface area (Å²) in [4.78, 5) is 26.0. The number of amides is 1. The Morgan fingerprint density at radius 3 is 2.20 bits per heavy atom. The van der Waals surface area contributed by atoms with Crippen molar-refractivity contribution < 1.29 is 14.3 Å². The van der Waals surface area contributed by atoms with Gasteiger partial charge in [0.1, 0.15) is 11.6 Å². The van der Waals surface area contributed by atoms with Gasteiger partial charge in [0.15, 0.2) is 0 Å². The summed E-state index contributed by atoms with van der Waals surface area (Å²) < 4.78 is 5.08. The molecular formula is C25H24N2O3. The van der Waals surface area contributed by atoms with Crippen molar-refractivity contribution in [1.29, 1.82) is 0 Å². The summed E-state index contributed by atoms with van der Waals surface area (Å²) in [5, 5.41) is 6.38. The lowest BCUT2D eigenvalue weighted by atomic mass is 9.83. The van der Waals surface area contributed by atoms with Crippen molar-refractivity contribution in [3.8, 4) is 0 Å². The van der Waals surface area contributed by atoms with E-state index in [-0.39, 0.29) is 5.91 Å². The Balaban J connectivity index is 1.75. The van der Waals surface area contributed by atoms with Crippen molar-refractivity contribution in [2.75, 3.05) is 12.4 Å². The normalized spacial score (nSPS) is 18.4. The lowest BCUT2D eigenvalue weighted by Crippen LogP contribution is -2.57. The number of carbonyl (C=O) groups excluding carboxylic acids is 2. The summed E-state index contributed by atoms with van der Waals surface area (Å²) in [6.07, 6.45) is 0.832. The van der Waals surface area contributed by atoms with Gasteiger partial charge in [0.25, 0.3) is 0 Å². The van der Waals surface area contributed by atoms with Crippen LogP contribution in [0.2, 0.25) is 0 Å². The standard InChI is InChI=1S/C25H24N2O3/c1-30-23(28)22(16-18-10-4-2-5-11-18)27-25(17-19-12-6-3-7-13-19)20-14-8-9-15-21(20)26-24(25)29/h2-15,22,27H,16-17H2,1H3,(H,26,29)/t22-,25+/m0/s1. The number of esters is 1. The predicted molar refractivity (Wildman–Crippen MR) is 116 cm³/mol. The van der Waals surface area contributed by atoms with E-state index in [0.29, 0.717) is 12.8 Å². The minimum Gasteiger partial charge on any atom is -0.468 e. The second-order valence-corrected chi connectivity index (χ2v) is 7.48. The monoisotopic (exact) mass is 400 g/mol. The van der Waals surface area contributed by atoms with Crippen LogP contribution in [0.5, 0.6) is 0 Å². The topological polar surface area (TPSA) is 67.4 Å². The highest BCUT2D eigenvalue weighted by Crippen LogP contribution is 2.39. The Hall–Kier alpha value is -3.44. The van der Waals surface area contributed by atoms with Gasteiger partial charge in [0, 0.05) is 17.7 Å². The van der Waals surface area contributed by atoms with Crippen LogP contribution in [0.4, 0.5) is 5.69 Å². The van der Waals surface area contributed by atoms with Gasteiger partial charge < -0.3 is 10.1 Å². The molecular weight excluding hydrogens is 376 g/mol. The molecule has 5 heteroatoms. The van der Waals surface area contributed by atoms with Crippen LogP contribution in [-0.2, 0) is 32.7 Å². The molecule has 0 saturated carbocycles. The molecule has 0 spiro atoms. The van der Waals surface area contributed by atoms with E-state index in [1.54, 1.807) is 0 Å². The third kappa shape index (κ3) is 3.84. The van der Waals surface area contributed by atoms with Crippen molar-refractivity contribution in [3.05, 3.63) is 102 Å². The minimum atomic E-state index is -1.08. The summed E-state index contributed by atoms with van der Waals surface area (Å²) in [6, 6.07) is 26.5. The maximum atomic E-state index is 13.3. The second-order valence-electron chi connectivity index (χ2n) is 7.48. The van der Waals surface area contributed by atoms with Gasteiger partial charge >= 0.3 is 5.97 Å². The third-order valence-electron chi connectivity index (χ3n) is 5.52. The first kappa shape index (κ1) is 19.9. The van der Waals surface area contributed by atoms with Gasteiger partial charge in [0.2, 0.25) is 5.91 Å². The van der Waals surface area contributed by atoms with E-state index in [0.717, 1.165) is 22.4 Å². The molecule has 3 aromatic rings. The van der Waals surface area contributed by atoms with Crippen LogP contribution in [0.15, 0.2) is 84.9 Å². The van der Waals surface area contributed by atoms with Crippen LogP contribution in [-0.4, -0.2) is 25.0 Å². The molecule has 0 fully saturated rings. The zero-order chi connectivity index (χ0) is 21.0. The van der Waals surface area contributed by atoms with Crippen LogP contribution in [0.25, 0.3) is 0 Å². The van der Waals surface area contributed by atoms with Gasteiger partial charge in [-0.3, -0.25) is 14.9 Å². The minimum absolute atomic E-state index is 0.172. The molecule has 0 saturated heterocycles. The highest BCUT2D eigenvalue weighted by Gasteiger charge is 2.48. The van der Waals surface area contributed by atoms with E-state index >= 15 is 0 Å². The molecule has 1 aliphatic heterocycles. The van der Waals surface area contributed by atoms with Gasteiger partial charge in [0.05, 0.1) is 7.11 Å². The molecule has 0 unspecified atom stereocenters. The van der Waals surface area contributed by atoms with Crippen LogP contribution in [0, 0.1) is 0 Å². The SMILES string of the molecule is COC(=O)[C@H](Cc1ccccc1)N[C@@]1(Cc2ccccc2)C(=O)Nc2ccccc21. The maximum absolute atomic E-state index is 13.3. The largest absolute Gasteiger partial charge is 0.468 e. The molecule has 1 aliphatic rings. The van der Waals surface area contributed by atoms with Gasteiger partial charge in [-0.15, -0.1) is 0 Å². The molecule has 0 aliphatic carbocycles. The fraction of sp³-hybridized carbons (Fsp3) is 0.200. The second kappa shape index (κ2) is 8.51. The number of hydrogen-bond donors (Lipinski definition) is 2. The Bertz CT molecular complexity index is 1040. The van der Waals surface area contributed by atoms with Crippen molar-refractivity contribution in [2.24, 2.45) is 0 Å². The fourth-order valence-corrected chi connectivity index (χ4v) is 4.07. The molecule has 5 nitrogen and oxygen atoms in total. The Morgan fingerprint density at radius 1 is 0.933 bits per heavy atom. The number of ether oxygens (including phenoxy) is 1. The number of fused-ring (bicyclic) bond motifs is 1. The smallest absolute Gasteiger partial charge is 0.323 e. The van der Waals surface area contributed by atoms with Gasteiger partial charge in [-0.1, -0.05) is 78.9 Å². The van der Waals surface area contributed by atoms with E-state index in [1.165, 1.54) is 7.11 Å². The summed E-state index contributed by atoms with van der Waals surface area (Å²) in [7, 11) is 1.37. The lowest BCUT2D eigenvalue weighted by Gasteiger charge is -2.33. The number of nitrogens with one attached hydrogen (secondary N) is 2. The van der Waals surface area contributed by atoms with Gasteiger partial charge in [-0.2, -0.15) is 0 Å². The Kier molecular flexibility index (Phi) is 5.63. The predicted octanol–water partition coefficient (Wildman–Crippen LogP) is 3.45. The summed E-state index contributed by atoms with van der Waals surface area (Å²) in [5.74, 6) is -0.571. The Morgan fingerprint density at radius 2 is 1.53 bits per heavy atom. The molecule has 1 heterocycles. The number of benzene rings is 3. The lowest BCUT2D eigenvalue weighted by molar-refractivity contribution is -0.144. The number of methoxy groups -OCH3 is 1. The molecule has 2 N–H and O–H groups in total. The van der Waals surface area contributed by atoms with Crippen LogP contribution in [0.3, 0.4) is 0 Å². The van der Waals surface area contributed by atoms with Crippen LogP contribution in [0.1, 0.15) is 16.7 Å². The van der Waals surface area contributed by atoms with Gasteiger partial charge in [-0.25, -0.2) is 0 Å². The summed E-state index contributed by atoms with van der Waals surface area (Å²) in [5.41, 5.74) is 2.50. The number of anilines is 1. The first-order chi connectivity index (χ1) is 14.6. The average Bonchev–Trinajstić information content (AvgIpc) is 3.05. The maximum Gasteiger partial charge on any atom is 0.323 e. The van der Waals surface area contributed by atoms with E-state index in [1.807, 2.05) is 84.9 Å². The number of carbonyl (C=O) groups is 2. The zero-order valence-electron chi connectivity index (χ0n) is 16.8. The number of para-hydroxylation sites is 1. The molecule has 152 valence electrons. The van der Waals surface area contributed by atoms with Crippen LogP contribution >= 0.6 is 0 Å². The number of hydrogen-bond acceptors (Lipinski definition) is 4. The molecule has 4 rings (SSSR count). The highest BCUT2D eigenvalue weighted by molar-refractivity contribution is 6.06. The molecule has 1 amide bonds. The highest BCUT2D eigenvalue weighted by atomic mass is 16.5. The summed E-state index contributed by atoms with van der Waals surface area (Å²) in [6.45, 7) is 0. The third-order valence-corrected chi connectivity index (χ3v) is 5.52. The Labute approximate surface area is 176 Å². The van der Waals surface area contributed by atoms with Crippen molar-refractivity contribution >= 4 is 17.6 Å². The van der Waals surface area contributed by atoms with Crippen molar-refractivity contribution in [3.63, 3.8) is 0 Å². The van der Waals surface area contributed by atoms with E-state index in [9.17, 15) is 9.59 Å². The van der Waals surface area contributed by atoms with E-state index in [4.69, 9.17) is 4.74 Å². The van der Waals surface area contributed by atoms with Crippen LogP contribution < -0.4 is 10.6 Å². The van der Waals surface area contributed by atoms with E-state index < -0.39 is 17.6 Å². The fourth-order valence-electron chi connectivity index (χ4n) is 4.07. The average molecular weight is 400 g/mol. The molecule has 30 heavy (non-hydrogen) atoms. The zero-order valence-corrected chi connectivity index (χ0v) is 16.8. The quantitative estimate of drug-likeness (QED) is 0.596. The number of rotatable bonds is 7. The summed E-state index contributed by atoms with van der Waals surface area (Å²) >= 11 is 0.